The number of hydrogen-bond donors (Lipinski definition) is 2. The van der Waals surface area contributed by atoms with E-state index in [-0.39, 0.29) is 12.2 Å². The number of aryl methyl sites for hydroxylation is 1. The molecule has 1 aliphatic carbocycles. The van der Waals surface area contributed by atoms with Gasteiger partial charge in [0.05, 0.1) is 12.2 Å². The lowest BCUT2D eigenvalue weighted by Gasteiger charge is -2.21. The molecular formula is C14H20O3. The molecule has 2 rings (SSSR count). The first-order valence-electron chi connectivity index (χ1n) is 6.21. The van der Waals surface area contributed by atoms with Gasteiger partial charge in [0.1, 0.15) is 11.9 Å². The summed E-state index contributed by atoms with van der Waals surface area (Å²) < 4.78 is 5.85. The maximum atomic E-state index is 9.76. The molecule has 3 atom stereocenters. The van der Waals surface area contributed by atoms with Crippen LogP contribution in [0.25, 0.3) is 0 Å². The average Bonchev–Trinajstić information content (AvgIpc) is 2.64. The molecule has 1 aromatic rings. The van der Waals surface area contributed by atoms with Gasteiger partial charge in [0, 0.05) is 5.56 Å². The minimum absolute atomic E-state index is 0.130. The maximum absolute atomic E-state index is 9.76. The van der Waals surface area contributed by atoms with Gasteiger partial charge in [0.15, 0.2) is 0 Å². The molecule has 17 heavy (non-hydrogen) atoms. The minimum Gasteiger partial charge on any atom is -0.487 e. The first-order valence-corrected chi connectivity index (χ1v) is 6.21. The molecule has 2 N–H and O–H groups in total. The molecule has 0 spiro atoms. The Morgan fingerprint density at radius 2 is 2.12 bits per heavy atom. The monoisotopic (exact) mass is 236 g/mol. The highest BCUT2D eigenvalue weighted by atomic mass is 16.5. The molecule has 2 unspecified atom stereocenters. The SMILES string of the molecule is Cc1ccc([C@H](C)O)c(OC2CCCC2O)c1. The summed E-state index contributed by atoms with van der Waals surface area (Å²) in [5.41, 5.74) is 1.88. The van der Waals surface area contributed by atoms with Gasteiger partial charge in [-0.1, -0.05) is 12.1 Å². The van der Waals surface area contributed by atoms with Crippen molar-refractivity contribution in [2.75, 3.05) is 0 Å². The van der Waals surface area contributed by atoms with Crippen LogP contribution in [-0.2, 0) is 0 Å². The van der Waals surface area contributed by atoms with Crippen molar-refractivity contribution in [1.82, 2.24) is 0 Å². The molecule has 1 fully saturated rings. The largest absolute Gasteiger partial charge is 0.487 e. The number of rotatable bonds is 3. The smallest absolute Gasteiger partial charge is 0.125 e. The Kier molecular flexibility index (Phi) is 3.69. The van der Waals surface area contributed by atoms with Gasteiger partial charge in [0.2, 0.25) is 0 Å². The van der Waals surface area contributed by atoms with Gasteiger partial charge >= 0.3 is 0 Å². The molecule has 1 aromatic carbocycles. The fraction of sp³-hybridized carbons (Fsp3) is 0.571. The lowest BCUT2D eigenvalue weighted by atomic mass is 10.1. The molecule has 0 amide bonds. The van der Waals surface area contributed by atoms with Crippen molar-refractivity contribution in [3.05, 3.63) is 29.3 Å². The third kappa shape index (κ3) is 2.79. The van der Waals surface area contributed by atoms with E-state index in [2.05, 4.69) is 0 Å². The van der Waals surface area contributed by atoms with Crippen LogP contribution in [0, 0.1) is 6.92 Å². The fourth-order valence-corrected chi connectivity index (χ4v) is 2.30. The van der Waals surface area contributed by atoms with Crippen LogP contribution in [0.1, 0.15) is 43.4 Å². The lowest BCUT2D eigenvalue weighted by molar-refractivity contribution is 0.0577. The number of benzene rings is 1. The fourth-order valence-electron chi connectivity index (χ4n) is 2.30. The van der Waals surface area contributed by atoms with E-state index in [0.717, 1.165) is 30.4 Å². The van der Waals surface area contributed by atoms with E-state index < -0.39 is 6.10 Å². The Labute approximate surface area is 102 Å². The molecule has 0 saturated heterocycles. The number of aliphatic hydroxyl groups is 2. The van der Waals surface area contributed by atoms with Crippen LogP contribution >= 0.6 is 0 Å². The Balaban J connectivity index is 2.21. The number of ether oxygens (including phenoxy) is 1. The van der Waals surface area contributed by atoms with Crippen molar-refractivity contribution in [2.45, 2.75) is 51.4 Å². The molecule has 0 aliphatic heterocycles. The molecule has 0 radical (unpaired) electrons. The summed E-state index contributed by atoms with van der Waals surface area (Å²) in [5.74, 6) is 0.700. The Hall–Kier alpha value is -1.06. The van der Waals surface area contributed by atoms with Crippen LogP contribution in [0.4, 0.5) is 0 Å². The topological polar surface area (TPSA) is 49.7 Å². The van der Waals surface area contributed by atoms with Gasteiger partial charge in [-0.3, -0.25) is 0 Å². The van der Waals surface area contributed by atoms with Crippen LogP contribution in [0.2, 0.25) is 0 Å². The van der Waals surface area contributed by atoms with E-state index >= 15 is 0 Å². The summed E-state index contributed by atoms with van der Waals surface area (Å²) in [5, 5.41) is 19.5. The van der Waals surface area contributed by atoms with Gasteiger partial charge in [-0.05, 0) is 44.7 Å². The first kappa shape index (κ1) is 12.4. The second-order valence-corrected chi connectivity index (χ2v) is 4.87. The van der Waals surface area contributed by atoms with Crippen molar-refractivity contribution in [2.24, 2.45) is 0 Å². The molecule has 1 saturated carbocycles. The summed E-state index contributed by atoms with van der Waals surface area (Å²) in [6.07, 6.45) is 1.63. The minimum atomic E-state index is -0.552. The predicted octanol–water partition coefficient (Wildman–Crippen LogP) is 2.34. The van der Waals surface area contributed by atoms with Gasteiger partial charge < -0.3 is 14.9 Å². The highest BCUT2D eigenvalue weighted by molar-refractivity contribution is 5.38. The molecule has 0 bridgehead atoms. The molecule has 3 nitrogen and oxygen atoms in total. The van der Waals surface area contributed by atoms with E-state index in [4.69, 9.17) is 4.74 Å². The van der Waals surface area contributed by atoms with Crippen molar-refractivity contribution in [3.63, 3.8) is 0 Å². The van der Waals surface area contributed by atoms with Crippen molar-refractivity contribution >= 4 is 0 Å². The van der Waals surface area contributed by atoms with Crippen molar-refractivity contribution < 1.29 is 14.9 Å². The molecule has 1 aliphatic rings. The summed E-state index contributed by atoms with van der Waals surface area (Å²) >= 11 is 0. The Morgan fingerprint density at radius 1 is 1.35 bits per heavy atom. The Bertz CT molecular complexity index is 387. The van der Waals surface area contributed by atoms with E-state index in [0.29, 0.717) is 5.75 Å². The van der Waals surface area contributed by atoms with E-state index in [9.17, 15) is 10.2 Å². The Morgan fingerprint density at radius 3 is 2.71 bits per heavy atom. The normalized spacial score (nSPS) is 25.9. The third-order valence-corrected chi connectivity index (χ3v) is 3.32. The van der Waals surface area contributed by atoms with Crippen LogP contribution in [0.3, 0.4) is 0 Å². The summed E-state index contributed by atoms with van der Waals surface area (Å²) in [4.78, 5) is 0. The number of aliphatic hydroxyl groups excluding tert-OH is 2. The standard InChI is InChI=1S/C14H20O3/c1-9-6-7-11(10(2)15)14(8-9)17-13-5-3-4-12(13)16/h6-8,10,12-13,15-16H,3-5H2,1-2H3/t10-,12?,13?/m0/s1. The summed E-state index contributed by atoms with van der Waals surface area (Å²) in [7, 11) is 0. The maximum Gasteiger partial charge on any atom is 0.125 e. The van der Waals surface area contributed by atoms with E-state index in [1.807, 2.05) is 25.1 Å². The van der Waals surface area contributed by atoms with E-state index in [1.54, 1.807) is 6.92 Å². The van der Waals surface area contributed by atoms with Crippen LogP contribution < -0.4 is 4.74 Å². The van der Waals surface area contributed by atoms with Gasteiger partial charge in [0.25, 0.3) is 0 Å². The molecule has 0 aromatic heterocycles. The zero-order chi connectivity index (χ0) is 12.4. The van der Waals surface area contributed by atoms with Crippen LogP contribution in [0.15, 0.2) is 18.2 Å². The molecule has 0 heterocycles. The highest BCUT2D eigenvalue weighted by Gasteiger charge is 2.27. The zero-order valence-electron chi connectivity index (χ0n) is 10.4. The average molecular weight is 236 g/mol. The highest BCUT2D eigenvalue weighted by Crippen LogP contribution is 2.31. The second-order valence-electron chi connectivity index (χ2n) is 4.87. The zero-order valence-corrected chi connectivity index (χ0v) is 10.4. The molecule has 94 valence electrons. The van der Waals surface area contributed by atoms with Crippen molar-refractivity contribution in [3.8, 4) is 5.75 Å². The van der Waals surface area contributed by atoms with Gasteiger partial charge in [-0.15, -0.1) is 0 Å². The molecular weight excluding hydrogens is 216 g/mol. The number of hydrogen-bond acceptors (Lipinski definition) is 3. The molecule has 3 heteroatoms. The third-order valence-electron chi connectivity index (χ3n) is 3.32. The van der Waals surface area contributed by atoms with E-state index in [1.165, 1.54) is 0 Å². The predicted molar refractivity (Wildman–Crippen MR) is 66.1 cm³/mol. The van der Waals surface area contributed by atoms with Crippen LogP contribution in [0.5, 0.6) is 5.75 Å². The quantitative estimate of drug-likeness (QED) is 0.847. The van der Waals surface area contributed by atoms with Crippen molar-refractivity contribution in [1.29, 1.82) is 0 Å². The van der Waals surface area contributed by atoms with Gasteiger partial charge in [-0.25, -0.2) is 0 Å². The lowest BCUT2D eigenvalue weighted by Crippen LogP contribution is -2.26. The van der Waals surface area contributed by atoms with Crippen LogP contribution in [-0.4, -0.2) is 22.4 Å². The summed E-state index contributed by atoms with van der Waals surface area (Å²) in [6.45, 7) is 3.71. The first-order chi connectivity index (χ1) is 8.08. The summed E-state index contributed by atoms with van der Waals surface area (Å²) in [6, 6.07) is 5.77. The second kappa shape index (κ2) is 5.07. The van der Waals surface area contributed by atoms with Gasteiger partial charge in [-0.2, -0.15) is 0 Å².